The maximum atomic E-state index is 12.4. The minimum atomic E-state index is -0.0634. The minimum absolute atomic E-state index is 0.0634. The number of ether oxygens (including phenoxy) is 1. The number of rotatable bonds is 3. The van der Waals surface area contributed by atoms with Gasteiger partial charge in [-0.15, -0.1) is 0 Å². The Morgan fingerprint density at radius 2 is 2.12 bits per heavy atom. The number of amides is 2. The highest BCUT2D eigenvalue weighted by atomic mass is 16.5. The molecule has 1 aromatic heterocycles. The summed E-state index contributed by atoms with van der Waals surface area (Å²) in [6.07, 6.45) is 0.902. The fourth-order valence-corrected chi connectivity index (χ4v) is 3.22. The molecule has 0 unspecified atom stereocenters. The summed E-state index contributed by atoms with van der Waals surface area (Å²) in [5.41, 5.74) is 2.69. The van der Waals surface area contributed by atoms with Crippen molar-refractivity contribution in [3.05, 3.63) is 54.4 Å². The lowest BCUT2D eigenvalue weighted by Gasteiger charge is -2.17. The molecule has 4 rings (SSSR count). The Kier molecular flexibility index (Phi) is 4.01. The molecule has 2 heterocycles. The number of aromatic nitrogens is 2. The van der Waals surface area contributed by atoms with E-state index in [0.29, 0.717) is 6.54 Å². The van der Waals surface area contributed by atoms with Crippen molar-refractivity contribution in [3.8, 4) is 5.75 Å². The highest BCUT2D eigenvalue weighted by Crippen LogP contribution is 2.28. The molecular formula is C19H20N4O2. The van der Waals surface area contributed by atoms with Crippen molar-refractivity contribution in [2.75, 3.05) is 25.5 Å². The number of carbonyl (C=O) groups is 1. The first-order valence-electron chi connectivity index (χ1n) is 8.37. The first-order valence-corrected chi connectivity index (χ1v) is 8.37. The second-order valence-electron chi connectivity index (χ2n) is 6.23. The number of benzene rings is 2. The first kappa shape index (κ1) is 15.5. The van der Waals surface area contributed by atoms with Crippen LogP contribution >= 0.6 is 0 Å². The molecule has 1 aliphatic heterocycles. The van der Waals surface area contributed by atoms with E-state index < -0.39 is 0 Å². The second-order valence-corrected chi connectivity index (χ2v) is 6.23. The molecule has 0 bridgehead atoms. The summed E-state index contributed by atoms with van der Waals surface area (Å²) >= 11 is 0. The van der Waals surface area contributed by atoms with E-state index in [1.807, 2.05) is 53.4 Å². The Labute approximate surface area is 145 Å². The maximum Gasteiger partial charge on any atom is 0.321 e. The number of aromatic amines is 1. The van der Waals surface area contributed by atoms with Gasteiger partial charge in [0.1, 0.15) is 11.6 Å². The van der Waals surface area contributed by atoms with Gasteiger partial charge >= 0.3 is 6.03 Å². The number of nitrogens with zero attached hydrogens (tertiary/aromatic N) is 2. The Morgan fingerprint density at radius 1 is 1.28 bits per heavy atom. The van der Waals surface area contributed by atoms with Crippen LogP contribution in [0.2, 0.25) is 0 Å². The molecule has 2 amide bonds. The van der Waals surface area contributed by atoms with Crippen molar-refractivity contribution in [1.82, 2.24) is 14.9 Å². The Morgan fingerprint density at radius 3 is 2.92 bits per heavy atom. The van der Waals surface area contributed by atoms with Gasteiger partial charge in [-0.1, -0.05) is 18.2 Å². The van der Waals surface area contributed by atoms with Crippen LogP contribution < -0.4 is 10.1 Å². The third kappa shape index (κ3) is 3.15. The quantitative estimate of drug-likeness (QED) is 0.768. The number of para-hydroxylation sites is 1. The summed E-state index contributed by atoms with van der Waals surface area (Å²) in [6.45, 7) is 1.39. The summed E-state index contributed by atoms with van der Waals surface area (Å²) in [5, 5.41) is 2.94. The van der Waals surface area contributed by atoms with Crippen LogP contribution in [0.3, 0.4) is 0 Å². The van der Waals surface area contributed by atoms with Crippen molar-refractivity contribution < 1.29 is 9.53 Å². The number of hydrogen-bond donors (Lipinski definition) is 2. The Hall–Kier alpha value is -3.02. The number of imidazole rings is 1. The monoisotopic (exact) mass is 336 g/mol. The van der Waals surface area contributed by atoms with Crippen molar-refractivity contribution in [1.29, 1.82) is 0 Å². The fourth-order valence-electron chi connectivity index (χ4n) is 3.22. The van der Waals surface area contributed by atoms with Crippen LogP contribution in [0, 0.1) is 0 Å². The number of likely N-dealkylation sites (tertiary alicyclic amines) is 1. The SMILES string of the molecule is COc1ccc2nc([C@H]3CCN(C(=O)Nc4ccccc4)C3)[nH]c2c1. The third-order valence-electron chi connectivity index (χ3n) is 4.59. The Bertz CT molecular complexity index is 891. The molecule has 0 aliphatic carbocycles. The number of H-pyrrole nitrogens is 1. The molecule has 6 heteroatoms. The number of nitrogens with one attached hydrogen (secondary N) is 2. The largest absolute Gasteiger partial charge is 0.497 e. The van der Waals surface area contributed by atoms with Gasteiger partial charge in [0.05, 0.1) is 18.1 Å². The molecule has 0 spiro atoms. The van der Waals surface area contributed by atoms with Gasteiger partial charge in [-0.05, 0) is 30.7 Å². The van der Waals surface area contributed by atoms with E-state index in [4.69, 9.17) is 4.74 Å². The summed E-state index contributed by atoms with van der Waals surface area (Å²) in [7, 11) is 1.65. The lowest BCUT2D eigenvalue weighted by molar-refractivity contribution is 0.222. The standard InChI is InChI=1S/C19H20N4O2/c1-25-15-7-8-16-17(11-15)22-18(21-16)13-9-10-23(12-13)19(24)20-14-5-3-2-4-6-14/h2-8,11,13H,9-10,12H2,1H3,(H,20,24)(H,21,22)/t13-/m0/s1. The van der Waals surface area contributed by atoms with Crippen molar-refractivity contribution >= 4 is 22.8 Å². The van der Waals surface area contributed by atoms with Crippen LogP contribution in [0.15, 0.2) is 48.5 Å². The number of anilines is 1. The summed E-state index contributed by atoms with van der Waals surface area (Å²) in [5.74, 6) is 1.95. The van der Waals surface area contributed by atoms with E-state index in [0.717, 1.165) is 41.3 Å². The van der Waals surface area contributed by atoms with E-state index in [-0.39, 0.29) is 11.9 Å². The van der Waals surface area contributed by atoms with Crippen LogP contribution in [0.1, 0.15) is 18.2 Å². The summed E-state index contributed by atoms with van der Waals surface area (Å²) in [4.78, 5) is 22.3. The number of urea groups is 1. The number of hydrogen-bond acceptors (Lipinski definition) is 3. The number of fused-ring (bicyclic) bond motifs is 1. The van der Waals surface area contributed by atoms with E-state index in [1.165, 1.54) is 0 Å². The first-order chi connectivity index (χ1) is 12.2. The number of methoxy groups -OCH3 is 1. The van der Waals surface area contributed by atoms with Gasteiger partial charge in [-0.25, -0.2) is 9.78 Å². The molecule has 1 aliphatic rings. The van der Waals surface area contributed by atoms with Crippen molar-refractivity contribution in [2.45, 2.75) is 12.3 Å². The smallest absolute Gasteiger partial charge is 0.321 e. The lowest BCUT2D eigenvalue weighted by atomic mass is 10.1. The number of carbonyl (C=O) groups excluding carboxylic acids is 1. The minimum Gasteiger partial charge on any atom is -0.497 e. The molecule has 3 aromatic rings. The predicted octanol–water partition coefficient (Wildman–Crippen LogP) is 3.59. The average Bonchev–Trinajstić information content (AvgIpc) is 3.28. The van der Waals surface area contributed by atoms with E-state index in [2.05, 4.69) is 15.3 Å². The third-order valence-corrected chi connectivity index (χ3v) is 4.59. The van der Waals surface area contributed by atoms with E-state index >= 15 is 0 Å². The highest BCUT2D eigenvalue weighted by Gasteiger charge is 2.29. The summed E-state index contributed by atoms with van der Waals surface area (Å²) < 4.78 is 5.25. The maximum absolute atomic E-state index is 12.4. The molecule has 128 valence electrons. The summed E-state index contributed by atoms with van der Waals surface area (Å²) in [6, 6.07) is 15.3. The molecule has 2 N–H and O–H groups in total. The lowest BCUT2D eigenvalue weighted by Crippen LogP contribution is -2.32. The highest BCUT2D eigenvalue weighted by molar-refractivity contribution is 5.89. The fraction of sp³-hybridized carbons (Fsp3) is 0.263. The van der Waals surface area contributed by atoms with Crippen LogP contribution in [0.5, 0.6) is 5.75 Å². The molecule has 0 radical (unpaired) electrons. The predicted molar refractivity (Wildman–Crippen MR) is 97.0 cm³/mol. The molecule has 25 heavy (non-hydrogen) atoms. The van der Waals surface area contributed by atoms with Gasteiger partial charge < -0.3 is 19.9 Å². The Balaban J connectivity index is 1.46. The molecule has 2 aromatic carbocycles. The average molecular weight is 336 g/mol. The topological polar surface area (TPSA) is 70.2 Å². The van der Waals surface area contributed by atoms with Crippen LogP contribution in [-0.2, 0) is 0 Å². The molecule has 0 saturated carbocycles. The molecule has 1 fully saturated rings. The van der Waals surface area contributed by atoms with E-state index in [9.17, 15) is 4.79 Å². The molecule has 1 saturated heterocycles. The molecule has 1 atom stereocenters. The van der Waals surface area contributed by atoms with Gasteiger partial charge in [0.25, 0.3) is 0 Å². The van der Waals surface area contributed by atoms with Crippen LogP contribution in [0.25, 0.3) is 11.0 Å². The van der Waals surface area contributed by atoms with Crippen molar-refractivity contribution in [2.24, 2.45) is 0 Å². The molecular weight excluding hydrogens is 316 g/mol. The normalized spacial score (nSPS) is 17.0. The zero-order valence-electron chi connectivity index (χ0n) is 14.0. The second kappa shape index (κ2) is 6.47. The van der Waals surface area contributed by atoms with Gasteiger partial charge in [0.2, 0.25) is 0 Å². The zero-order chi connectivity index (χ0) is 17.2. The van der Waals surface area contributed by atoms with Crippen LogP contribution in [-0.4, -0.2) is 41.1 Å². The van der Waals surface area contributed by atoms with Gasteiger partial charge in [0, 0.05) is 30.8 Å². The molecule has 6 nitrogen and oxygen atoms in total. The van der Waals surface area contributed by atoms with E-state index in [1.54, 1.807) is 7.11 Å². The van der Waals surface area contributed by atoms with Gasteiger partial charge in [-0.3, -0.25) is 0 Å². The van der Waals surface area contributed by atoms with Crippen molar-refractivity contribution in [3.63, 3.8) is 0 Å². The van der Waals surface area contributed by atoms with Gasteiger partial charge in [0.15, 0.2) is 0 Å². The van der Waals surface area contributed by atoms with Crippen LogP contribution in [0.4, 0.5) is 10.5 Å². The van der Waals surface area contributed by atoms with Gasteiger partial charge in [-0.2, -0.15) is 0 Å². The zero-order valence-corrected chi connectivity index (χ0v) is 14.0.